The Morgan fingerprint density at radius 2 is 1.93 bits per heavy atom. The summed E-state index contributed by atoms with van der Waals surface area (Å²) in [4.78, 5) is 38.6. The van der Waals surface area contributed by atoms with E-state index in [0.717, 1.165) is 5.56 Å². The van der Waals surface area contributed by atoms with E-state index < -0.39 is 11.1 Å². The quantitative estimate of drug-likeness (QED) is 0.453. The molecule has 152 valence electrons. The first-order valence-electron chi connectivity index (χ1n) is 9.73. The van der Waals surface area contributed by atoms with E-state index in [1.807, 2.05) is 37.3 Å². The van der Waals surface area contributed by atoms with Gasteiger partial charge in [0.25, 0.3) is 5.91 Å². The van der Waals surface area contributed by atoms with Crippen LogP contribution in [0.5, 0.6) is 0 Å². The van der Waals surface area contributed by atoms with E-state index in [2.05, 4.69) is 10.3 Å². The third-order valence-corrected chi connectivity index (χ3v) is 4.80. The van der Waals surface area contributed by atoms with Crippen molar-refractivity contribution >= 4 is 16.9 Å². The van der Waals surface area contributed by atoms with Crippen molar-refractivity contribution in [3.05, 3.63) is 80.4 Å². The van der Waals surface area contributed by atoms with Crippen LogP contribution in [0.2, 0.25) is 0 Å². The lowest BCUT2D eigenvalue weighted by atomic mass is 10.1. The third-order valence-electron chi connectivity index (χ3n) is 4.80. The average molecular weight is 395 g/mol. The molecule has 0 aliphatic heterocycles. The molecule has 29 heavy (non-hydrogen) atoms. The molecule has 7 heteroatoms. The van der Waals surface area contributed by atoms with Crippen LogP contribution in [0.4, 0.5) is 0 Å². The summed E-state index contributed by atoms with van der Waals surface area (Å²) in [5.41, 5.74) is 1.31. The number of aryl methyl sites for hydroxylation is 1. The molecule has 0 bridgehead atoms. The molecular weight excluding hydrogens is 370 g/mol. The van der Waals surface area contributed by atoms with Gasteiger partial charge in [0.05, 0.1) is 17.1 Å². The van der Waals surface area contributed by atoms with Crippen LogP contribution in [0.25, 0.3) is 11.0 Å². The van der Waals surface area contributed by atoms with Gasteiger partial charge in [0.15, 0.2) is 0 Å². The van der Waals surface area contributed by atoms with Crippen molar-refractivity contribution in [2.24, 2.45) is 0 Å². The van der Waals surface area contributed by atoms with Gasteiger partial charge >= 0.3 is 11.1 Å². The Bertz CT molecular complexity index is 1100. The standard InChI is InChI=1S/C22H25N3O4/c1-3-25-19-11-10-17(14-18(19)24-21(27)22(25)28)20(26)23-12-7-13-29-15(2)16-8-5-4-6-9-16/h4-6,8-11,14-15H,3,7,12-13H2,1-2H3,(H,23,26)(H,24,27). The minimum absolute atomic E-state index is 0.000352. The first-order valence-corrected chi connectivity index (χ1v) is 9.73. The first kappa shape index (κ1) is 20.5. The molecule has 7 nitrogen and oxygen atoms in total. The number of H-pyrrole nitrogens is 1. The number of carbonyl (C=O) groups excluding carboxylic acids is 1. The van der Waals surface area contributed by atoms with Gasteiger partial charge in [0.2, 0.25) is 0 Å². The second kappa shape index (κ2) is 9.34. The molecule has 0 spiro atoms. The van der Waals surface area contributed by atoms with Crippen molar-refractivity contribution in [1.29, 1.82) is 0 Å². The number of fused-ring (bicyclic) bond motifs is 1. The maximum Gasteiger partial charge on any atom is 0.316 e. The molecule has 3 aromatic rings. The van der Waals surface area contributed by atoms with E-state index in [1.54, 1.807) is 25.1 Å². The Labute approximate surface area is 168 Å². The zero-order chi connectivity index (χ0) is 20.8. The number of benzene rings is 2. The van der Waals surface area contributed by atoms with Crippen molar-refractivity contribution in [2.75, 3.05) is 13.2 Å². The molecule has 1 heterocycles. The van der Waals surface area contributed by atoms with Crippen LogP contribution >= 0.6 is 0 Å². The number of amides is 1. The van der Waals surface area contributed by atoms with Crippen molar-refractivity contribution < 1.29 is 9.53 Å². The lowest BCUT2D eigenvalue weighted by molar-refractivity contribution is 0.0635. The fraction of sp³-hybridized carbons (Fsp3) is 0.318. The molecule has 1 aromatic heterocycles. The number of aromatic amines is 1. The molecule has 0 fully saturated rings. The highest BCUT2D eigenvalue weighted by Gasteiger charge is 2.11. The van der Waals surface area contributed by atoms with Crippen molar-refractivity contribution in [3.63, 3.8) is 0 Å². The molecule has 1 amide bonds. The monoisotopic (exact) mass is 395 g/mol. The fourth-order valence-corrected chi connectivity index (χ4v) is 3.19. The maximum absolute atomic E-state index is 12.4. The van der Waals surface area contributed by atoms with Crippen molar-refractivity contribution in [1.82, 2.24) is 14.9 Å². The minimum atomic E-state index is -0.693. The maximum atomic E-state index is 12.4. The number of nitrogens with one attached hydrogen (secondary N) is 2. The van der Waals surface area contributed by atoms with Crippen molar-refractivity contribution in [2.45, 2.75) is 32.9 Å². The lowest BCUT2D eigenvalue weighted by Crippen LogP contribution is -2.36. The molecule has 3 rings (SSSR count). The predicted molar refractivity (Wildman–Crippen MR) is 112 cm³/mol. The van der Waals surface area contributed by atoms with Crippen molar-refractivity contribution in [3.8, 4) is 0 Å². The lowest BCUT2D eigenvalue weighted by Gasteiger charge is -2.13. The van der Waals surface area contributed by atoms with Crippen LogP contribution in [0.15, 0.2) is 58.1 Å². The SMILES string of the molecule is CCn1c(=O)c(=O)[nH]c2cc(C(=O)NCCCOC(C)c3ccccc3)ccc21. The Morgan fingerprint density at radius 1 is 1.17 bits per heavy atom. The van der Waals surface area contributed by atoms with E-state index in [4.69, 9.17) is 4.74 Å². The number of carbonyl (C=O) groups is 1. The second-order valence-corrected chi connectivity index (χ2v) is 6.77. The largest absolute Gasteiger partial charge is 0.374 e. The Kier molecular flexibility index (Phi) is 6.61. The molecule has 0 aliphatic rings. The highest BCUT2D eigenvalue weighted by atomic mass is 16.5. The number of aromatic nitrogens is 2. The minimum Gasteiger partial charge on any atom is -0.374 e. The molecule has 0 saturated heterocycles. The van der Waals surface area contributed by atoms with Crippen LogP contribution in [0.1, 0.15) is 42.3 Å². The van der Waals surface area contributed by atoms with E-state index in [9.17, 15) is 14.4 Å². The first-order chi connectivity index (χ1) is 14.0. The highest BCUT2D eigenvalue weighted by Crippen LogP contribution is 2.16. The number of hydrogen-bond acceptors (Lipinski definition) is 4. The van der Waals surface area contributed by atoms with Gasteiger partial charge in [-0.1, -0.05) is 30.3 Å². The molecule has 0 radical (unpaired) electrons. The Balaban J connectivity index is 1.56. The summed E-state index contributed by atoms with van der Waals surface area (Å²) in [6.07, 6.45) is 0.684. The average Bonchev–Trinajstić information content (AvgIpc) is 2.74. The smallest absolute Gasteiger partial charge is 0.316 e. The van der Waals surface area contributed by atoms with E-state index in [1.165, 1.54) is 4.57 Å². The summed E-state index contributed by atoms with van der Waals surface area (Å²) in [5, 5.41) is 2.85. The topological polar surface area (TPSA) is 93.2 Å². The number of hydrogen-bond donors (Lipinski definition) is 2. The van der Waals surface area contributed by atoms with E-state index in [-0.39, 0.29) is 12.0 Å². The molecule has 1 atom stereocenters. The normalized spacial score (nSPS) is 12.1. The Morgan fingerprint density at radius 3 is 2.66 bits per heavy atom. The number of rotatable bonds is 8. The van der Waals surface area contributed by atoms with Gasteiger partial charge in [0, 0.05) is 25.3 Å². The second-order valence-electron chi connectivity index (χ2n) is 6.77. The fourth-order valence-electron chi connectivity index (χ4n) is 3.19. The third kappa shape index (κ3) is 4.81. The summed E-state index contributed by atoms with van der Waals surface area (Å²) < 4.78 is 7.19. The van der Waals surface area contributed by atoms with Gasteiger partial charge in [-0.05, 0) is 44.0 Å². The van der Waals surface area contributed by atoms with Crippen LogP contribution in [0.3, 0.4) is 0 Å². The van der Waals surface area contributed by atoms with Gasteiger partial charge in [-0.25, -0.2) is 0 Å². The molecule has 0 saturated carbocycles. The number of nitrogens with zero attached hydrogens (tertiary/aromatic N) is 1. The van der Waals surface area contributed by atoms with Crippen LogP contribution < -0.4 is 16.4 Å². The summed E-state index contributed by atoms with van der Waals surface area (Å²) in [6, 6.07) is 14.9. The Hall–Kier alpha value is -3.19. The zero-order valence-corrected chi connectivity index (χ0v) is 16.6. The van der Waals surface area contributed by atoms with Gasteiger partial charge in [-0.2, -0.15) is 0 Å². The molecule has 2 N–H and O–H groups in total. The molecule has 0 aliphatic carbocycles. The summed E-state index contributed by atoms with van der Waals surface area (Å²) in [5.74, 6) is -0.238. The van der Waals surface area contributed by atoms with Crippen LogP contribution in [-0.2, 0) is 11.3 Å². The van der Waals surface area contributed by atoms with Gasteiger partial charge < -0.3 is 19.6 Å². The summed E-state index contributed by atoms with van der Waals surface area (Å²) in [7, 11) is 0. The highest BCUT2D eigenvalue weighted by molar-refractivity contribution is 5.97. The van der Waals surface area contributed by atoms with E-state index >= 15 is 0 Å². The molecule has 1 unspecified atom stereocenters. The summed E-state index contributed by atoms with van der Waals surface area (Å²) in [6.45, 7) is 5.18. The summed E-state index contributed by atoms with van der Waals surface area (Å²) >= 11 is 0. The van der Waals surface area contributed by atoms with Gasteiger partial charge in [0.1, 0.15) is 0 Å². The van der Waals surface area contributed by atoms with Gasteiger partial charge in [-0.15, -0.1) is 0 Å². The predicted octanol–water partition coefficient (Wildman–Crippen LogP) is 2.61. The molecular formula is C22H25N3O4. The number of ether oxygens (including phenoxy) is 1. The van der Waals surface area contributed by atoms with Gasteiger partial charge in [-0.3, -0.25) is 14.4 Å². The van der Waals surface area contributed by atoms with E-state index in [0.29, 0.717) is 42.7 Å². The zero-order valence-electron chi connectivity index (χ0n) is 16.6. The van der Waals surface area contributed by atoms with Crippen LogP contribution in [0, 0.1) is 0 Å². The van der Waals surface area contributed by atoms with Crippen LogP contribution in [-0.4, -0.2) is 28.6 Å². The molecule has 2 aromatic carbocycles.